The number of aliphatic hydroxyl groups is 2. The molecule has 0 aliphatic carbocycles. The fourth-order valence-electron chi connectivity index (χ4n) is 1.08. The zero-order valence-corrected chi connectivity index (χ0v) is 8.94. The van der Waals surface area contributed by atoms with Crippen molar-refractivity contribution in [3.8, 4) is 0 Å². The average Bonchev–Trinajstić information content (AvgIpc) is 2.21. The number of hydrogen-bond donors (Lipinski definition) is 3. The molecule has 86 valence electrons. The summed E-state index contributed by atoms with van der Waals surface area (Å²) < 4.78 is 0. The van der Waals surface area contributed by atoms with E-state index in [1.54, 1.807) is 18.2 Å². The van der Waals surface area contributed by atoms with Gasteiger partial charge in [0.15, 0.2) is 0 Å². The first-order valence-corrected chi connectivity index (χ1v) is 4.75. The predicted molar refractivity (Wildman–Crippen MR) is 56.5 cm³/mol. The van der Waals surface area contributed by atoms with Crippen molar-refractivity contribution in [2.24, 2.45) is 5.73 Å². The quantitative estimate of drug-likeness (QED) is 0.496. The van der Waals surface area contributed by atoms with E-state index in [9.17, 15) is 9.59 Å². The monoisotopic (exact) mass is 243 g/mol. The van der Waals surface area contributed by atoms with Crippen LogP contribution in [0.2, 0.25) is 5.02 Å². The molecule has 0 atom stereocenters. The van der Waals surface area contributed by atoms with E-state index in [-0.39, 0.29) is 6.42 Å². The molecule has 0 unspecified atom stereocenters. The Morgan fingerprint density at radius 1 is 1.31 bits per heavy atom. The molecule has 6 heteroatoms. The Balaban J connectivity index is 2.88. The Morgan fingerprint density at radius 3 is 2.38 bits per heavy atom. The number of carbonyl (C=O) groups is 2. The summed E-state index contributed by atoms with van der Waals surface area (Å²) in [6.45, 7) is 0. The number of primary amides is 1. The van der Waals surface area contributed by atoms with Crippen LogP contribution in [0, 0.1) is 0 Å². The summed E-state index contributed by atoms with van der Waals surface area (Å²) in [5, 5.41) is 18.5. The van der Waals surface area contributed by atoms with Crippen molar-refractivity contribution in [2.45, 2.75) is 12.2 Å². The minimum atomic E-state index is -3.15. The van der Waals surface area contributed by atoms with Crippen LogP contribution in [0.25, 0.3) is 0 Å². The SMILES string of the molecule is NC(=O)C(O)(O)C(=O)Cc1ccccc1Cl. The summed E-state index contributed by atoms with van der Waals surface area (Å²) in [4.78, 5) is 22.0. The normalized spacial score (nSPS) is 11.2. The van der Waals surface area contributed by atoms with Gasteiger partial charge in [0.05, 0.1) is 0 Å². The lowest BCUT2D eigenvalue weighted by atomic mass is 10.0. The molecule has 0 spiro atoms. The Kier molecular flexibility index (Phi) is 3.64. The maximum atomic E-state index is 11.4. The topological polar surface area (TPSA) is 101 Å². The van der Waals surface area contributed by atoms with E-state index < -0.39 is 17.5 Å². The van der Waals surface area contributed by atoms with E-state index in [0.717, 1.165) is 0 Å². The van der Waals surface area contributed by atoms with Crippen LogP contribution in [0.1, 0.15) is 5.56 Å². The summed E-state index contributed by atoms with van der Waals surface area (Å²) in [5.74, 6) is -5.78. The predicted octanol–water partition coefficient (Wildman–Crippen LogP) is -0.382. The van der Waals surface area contributed by atoms with Gasteiger partial charge in [-0.25, -0.2) is 0 Å². The molecule has 4 N–H and O–H groups in total. The second kappa shape index (κ2) is 4.61. The van der Waals surface area contributed by atoms with Crippen LogP contribution in [0.5, 0.6) is 0 Å². The largest absolute Gasteiger partial charge is 0.365 e. The number of hydrogen-bond acceptors (Lipinski definition) is 4. The third-order valence-corrected chi connectivity index (χ3v) is 2.41. The molecule has 0 aliphatic rings. The van der Waals surface area contributed by atoms with Crippen molar-refractivity contribution in [1.82, 2.24) is 0 Å². The minimum absolute atomic E-state index is 0.302. The number of amides is 1. The van der Waals surface area contributed by atoms with Crippen LogP contribution >= 0.6 is 11.6 Å². The van der Waals surface area contributed by atoms with E-state index >= 15 is 0 Å². The highest BCUT2D eigenvalue weighted by atomic mass is 35.5. The van der Waals surface area contributed by atoms with Gasteiger partial charge in [-0.05, 0) is 11.6 Å². The number of Topliss-reactive ketones (excluding diaryl/α,β-unsaturated/α-hetero) is 1. The van der Waals surface area contributed by atoms with Crippen molar-refractivity contribution < 1.29 is 19.8 Å². The van der Waals surface area contributed by atoms with Gasteiger partial charge in [0.25, 0.3) is 5.91 Å². The second-order valence-electron chi connectivity index (χ2n) is 3.23. The smallest absolute Gasteiger partial charge is 0.306 e. The molecule has 16 heavy (non-hydrogen) atoms. The lowest BCUT2D eigenvalue weighted by molar-refractivity contribution is -0.188. The highest BCUT2D eigenvalue weighted by molar-refractivity contribution is 6.31. The molecule has 0 heterocycles. The van der Waals surface area contributed by atoms with Crippen LogP contribution in [0.15, 0.2) is 24.3 Å². The number of benzene rings is 1. The molecular weight excluding hydrogens is 234 g/mol. The van der Waals surface area contributed by atoms with Crippen molar-refractivity contribution in [3.63, 3.8) is 0 Å². The van der Waals surface area contributed by atoms with E-state index in [2.05, 4.69) is 5.73 Å². The van der Waals surface area contributed by atoms with Gasteiger partial charge in [0, 0.05) is 11.4 Å². The number of rotatable bonds is 4. The third-order valence-electron chi connectivity index (χ3n) is 2.04. The van der Waals surface area contributed by atoms with Crippen molar-refractivity contribution in [3.05, 3.63) is 34.9 Å². The van der Waals surface area contributed by atoms with Crippen LogP contribution < -0.4 is 5.73 Å². The average molecular weight is 244 g/mol. The van der Waals surface area contributed by atoms with E-state index in [0.29, 0.717) is 10.6 Å². The first kappa shape index (κ1) is 12.6. The number of carbonyl (C=O) groups excluding carboxylic acids is 2. The summed E-state index contributed by atoms with van der Waals surface area (Å²) in [5.41, 5.74) is 5.06. The molecule has 1 amide bonds. The van der Waals surface area contributed by atoms with Crippen molar-refractivity contribution in [1.29, 1.82) is 0 Å². The molecule has 0 fully saturated rings. The lowest BCUT2D eigenvalue weighted by Crippen LogP contribution is -2.51. The molecular formula is C10H10ClNO4. The molecule has 0 bridgehead atoms. The summed E-state index contributed by atoms with van der Waals surface area (Å²) in [6, 6.07) is 6.38. The van der Waals surface area contributed by atoms with Crippen LogP contribution in [-0.2, 0) is 16.0 Å². The first-order valence-electron chi connectivity index (χ1n) is 4.37. The Hall–Kier alpha value is -1.43. The highest BCUT2D eigenvalue weighted by Crippen LogP contribution is 2.17. The van der Waals surface area contributed by atoms with Gasteiger partial charge < -0.3 is 15.9 Å². The molecule has 0 radical (unpaired) electrons. The van der Waals surface area contributed by atoms with Gasteiger partial charge in [-0.1, -0.05) is 29.8 Å². The van der Waals surface area contributed by atoms with E-state index in [4.69, 9.17) is 21.8 Å². The van der Waals surface area contributed by atoms with Crippen LogP contribution in [-0.4, -0.2) is 27.7 Å². The van der Waals surface area contributed by atoms with Gasteiger partial charge in [0.1, 0.15) is 0 Å². The number of ketones is 1. The molecule has 1 aromatic rings. The minimum Gasteiger partial charge on any atom is -0.365 e. The summed E-state index contributed by atoms with van der Waals surface area (Å²) >= 11 is 5.77. The number of halogens is 1. The van der Waals surface area contributed by atoms with Gasteiger partial charge >= 0.3 is 5.79 Å². The van der Waals surface area contributed by atoms with Gasteiger partial charge in [0.2, 0.25) is 5.78 Å². The fraction of sp³-hybridized carbons (Fsp3) is 0.200. The molecule has 0 aromatic heterocycles. The molecule has 1 rings (SSSR count). The van der Waals surface area contributed by atoms with Crippen molar-refractivity contribution in [2.75, 3.05) is 0 Å². The van der Waals surface area contributed by atoms with Gasteiger partial charge in [-0.15, -0.1) is 0 Å². The van der Waals surface area contributed by atoms with E-state index in [1.165, 1.54) is 6.07 Å². The summed E-state index contributed by atoms with van der Waals surface area (Å²) in [7, 11) is 0. The Labute approximate surface area is 96.4 Å². The van der Waals surface area contributed by atoms with Gasteiger partial charge in [-0.2, -0.15) is 0 Å². The third kappa shape index (κ3) is 2.57. The van der Waals surface area contributed by atoms with E-state index in [1.807, 2.05) is 0 Å². The zero-order chi connectivity index (χ0) is 12.3. The second-order valence-corrected chi connectivity index (χ2v) is 3.64. The number of nitrogens with two attached hydrogens (primary N) is 1. The molecule has 0 saturated heterocycles. The Bertz CT molecular complexity index is 431. The van der Waals surface area contributed by atoms with Crippen LogP contribution in [0.4, 0.5) is 0 Å². The van der Waals surface area contributed by atoms with Crippen molar-refractivity contribution >= 4 is 23.3 Å². The Morgan fingerprint density at radius 2 is 1.88 bits per heavy atom. The summed E-state index contributed by atoms with van der Waals surface area (Å²) in [6.07, 6.45) is -0.379. The molecule has 1 aromatic carbocycles. The molecule has 5 nitrogen and oxygen atoms in total. The highest BCUT2D eigenvalue weighted by Gasteiger charge is 2.39. The lowest BCUT2D eigenvalue weighted by Gasteiger charge is -2.15. The first-order chi connectivity index (χ1) is 7.35. The standard InChI is InChI=1S/C10H10ClNO4/c11-7-4-2-1-3-6(7)5-8(13)10(15,16)9(12)14/h1-4,15-16H,5H2,(H2,12,14). The van der Waals surface area contributed by atoms with Crippen LogP contribution in [0.3, 0.4) is 0 Å². The zero-order valence-electron chi connectivity index (χ0n) is 8.18. The molecule has 0 aliphatic heterocycles. The van der Waals surface area contributed by atoms with Gasteiger partial charge in [-0.3, -0.25) is 9.59 Å². The molecule has 0 saturated carbocycles. The maximum absolute atomic E-state index is 11.4. The maximum Gasteiger partial charge on any atom is 0.306 e. The fourth-order valence-corrected chi connectivity index (χ4v) is 1.28.